The number of hydrogen-bond donors (Lipinski definition) is 1. The first kappa shape index (κ1) is 13.0. The van der Waals surface area contributed by atoms with Crippen LogP contribution in [0.1, 0.15) is 12.6 Å². The first-order chi connectivity index (χ1) is 8.60. The van der Waals surface area contributed by atoms with E-state index in [2.05, 4.69) is 15.2 Å². The van der Waals surface area contributed by atoms with Crippen LogP contribution in [0.4, 0.5) is 0 Å². The van der Waals surface area contributed by atoms with Crippen molar-refractivity contribution >= 4 is 5.91 Å². The highest BCUT2D eigenvalue weighted by molar-refractivity contribution is 5.85. The lowest BCUT2D eigenvalue weighted by atomic mass is 10.0. The van der Waals surface area contributed by atoms with Gasteiger partial charge in [0.05, 0.1) is 18.8 Å². The molecular weight excluding hydrogens is 230 g/mol. The standard InChI is InChI=1S/C13H19N3O2/c1-13(10-16(2)7-8-18-13)12(17)15-9-11-5-3-4-6-14-11/h3-6H,7-10H2,1-2H3,(H,15,17)/t13-/m0/s1. The maximum Gasteiger partial charge on any atom is 0.253 e. The quantitative estimate of drug-likeness (QED) is 0.843. The van der Waals surface area contributed by atoms with E-state index in [1.54, 1.807) is 6.20 Å². The Morgan fingerprint density at radius 3 is 3.11 bits per heavy atom. The lowest BCUT2D eigenvalue weighted by Crippen LogP contribution is -2.57. The molecule has 1 aromatic rings. The van der Waals surface area contributed by atoms with Gasteiger partial charge in [0.2, 0.25) is 0 Å². The molecule has 0 spiro atoms. The summed E-state index contributed by atoms with van der Waals surface area (Å²) in [7, 11) is 1.99. The van der Waals surface area contributed by atoms with Gasteiger partial charge in [0, 0.05) is 19.3 Å². The lowest BCUT2D eigenvalue weighted by molar-refractivity contribution is -0.155. The Hall–Kier alpha value is -1.46. The summed E-state index contributed by atoms with van der Waals surface area (Å²) in [6.45, 7) is 4.33. The summed E-state index contributed by atoms with van der Waals surface area (Å²) in [5, 5.41) is 2.88. The fourth-order valence-electron chi connectivity index (χ4n) is 2.06. The number of carbonyl (C=O) groups is 1. The normalized spacial score (nSPS) is 24.8. The van der Waals surface area contributed by atoms with E-state index in [4.69, 9.17) is 4.74 Å². The van der Waals surface area contributed by atoms with Crippen molar-refractivity contribution in [2.45, 2.75) is 19.1 Å². The molecule has 1 atom stereocenters. The maximum atomic E-state index is 12.1. The Labute approximate surface area is 107 Å². The second-order valence-corrected chi connectivity index (χ2v) is 4.82. The number of ether oxygens (including phenoxy) is 1. The van der Waals surface area contributed by atoms with Gasteiger partial charge in [-0.25, -0.2) is 0 Å². The largest absolute Gasteiger partial charge is 0.363 e. The van der Waals surface area contributed by atoms with Crippen LogP contribution in [0.3, 0.4) is 0 Å². The second-order valence-electron chi connectivity index (χ2n) is 4.82. The average molecular weight is 249 g/mol. The van der Waals surface area contributed by atoms with Crippen molar-refractivity contribution in [2.75, 3.05) is 26.7 Å². The van der Waals surface area contributed by atoms with E-state index in [0.717, 1.165) is 12.2 Å². The number of carbonyl (C=O) groups excluding carboxylic acids is 1. The van der Waals surface area contributed by atoms with Crippen LogP contribution in [0.15, 0.2) is 24.4 Å². The molecule has 5 nitrogen and oxygen atoms in total. The summed E-state index contributed by atoms with van der Waals surface area (Å²) in [4.78, 5) is 18.4. The predicted molar refractivity (Wildman–Crippen MR) is 67.9 cm³/mol. The molecule has 0 bridgehead atoms. The number of pyridine rings is 1. The molecule has 1 fully saturated rings. The van der Waals surface area contributed by atoms with Crippen molar-refractivity contribution in [2.24, 2.45) is 0 Å². The van der Waals surface area contributed by atoms with Crippen molar-refractivity contribution in [1.82, 2.24) is 15.2 Å². The molecular formula is C13H19N3O2. The number of nitrogens with one attached hydrogen (secondary N) is 1. The first-order valence-electron chi connectivity index (χ1n) is 6.11. The van der Waals surface area contributed by atoms with Gasteiger partial charge in [0.15, 0.2) is 5.60 Å². The van der Waals surface area contributed by atoms with Crippen LogP contribution in [0.2, 0.25) is 0 Å². The minimum atomic E-state index is -0.762. The van der Waals surface area contributed by atoms with E-state index in [0.29, 0.717) is 19.7 Å². The SMILES string of the molecule is CN1CCO[C@](C)(C(=O)NCc2ccccn2)C1. The van der Waals surface area contributed by atoms with E-state index >= 15 is 0 Å². The first-order valence-corrected chi connectivity index (χ1v) is 6.11. The maximum absolute atomic E-state index is 12.1. The molecule has 1 amide bonds. The van der Waals surface area contributed by atoms with Gasteiger partial charge in [-0.15, -0.1) is 0 Å². The Kier molecular flexibility index (Phi) is 3.93. The third-order valence-corrected chi connectivity index (χ3v) is 3.10. The molecule has 1 aliphatic heterocycles. The van der Waals surface area contributed by atoms with Gasteiger partial charge in [-0.2, -0.15) is 0 Å². The number of aromatic nitrogens is 1. The molecule has 0 saturated carbocycles. The smallest absolute Gasteiger partial charge is 0.253 e. The van der Waals surface area contributed by atoms with Crippen LogP contribution in [-0.4, -0.2) is 48.1 Å². The van der Waals surface area contributed by atoms with Gasteiger partial charge in [-0.05, 0) is 26.1 Å². The van der Waals surface area contributed by atoms with Crippen LogP contribution in [0.5, 0.6) is 0 Å². The summed E-state index contributed by atoms with van der Waals surface area (Å²) >= 11 is 0. The summed E-state index contributed by atoms with van der Waals surface area (Å²) in [5.41, 5.74) is 0.0838. The average Bonchev–Trinajstić information content (AvgIpc) is 2.37. The van der Waals surface area contributed by atoms with Crippen LogP contribution in [-0.2, 0) is 16.1 Å². The number of hydrogen-bond acceptors (Lipinski definition) is 4. The zero-order valence-corrected chi connectivity index (χ0v) is 10.8. The molecule has 1 saturated heterocycles. The van der Waals surface area contributed by atoms with Gasteiger partial charge >= 0.3 is 0 Å². The van der Waals surface area contributed by atoms with Crippen LogP contribution in [0, 0.1) is 0 Å². The van der Waals surface area contributed by atoms with Crippen LogP contribution < -0.4 is 5.32 Å². The number of nitrogens with zero attached hydrogens (tertiary/aromatic N) is 2. The van der Waals surface area contributed by atoms with Crippen molar-refractivity contribution in [3.05, 3.63) is 30.1 Å². The van der Waals surface area contributed by atoms with E-state index < -0.39 is 5.60 Å². The molecule has 1 aliphatic rings. The van der Waals surface area contributed by atoms with Gasteiger partial charge in [0.1, 0.15) is 0 Å². The van der Waals surface area contributed by atoms with Crippen molar-refractivity contribution in [3.63, 3.8) is 0 Å². The van der Waals surface area contributed by atoms with E-state index in [1.165, 1.54) is 0 Å². The summed E-state index contributed by atoms with van der Waals surface area (Å²) in [5.74, 6) is -0.0836. The zero-order chi connectivity index (χ0) is 13.0. The Morgan fingerprint density at radius 2 is 2.44 bits per heavy atom. The molecule has 0 radical (unpaired) electrons. The molecule has 2 rings (SSSR count). The Morgan fingerprint density at radius 1 is 1.61 bits per heavy atom. The monoisotopic (exact) mass is 249 g/mol. The molecule has 5 heteroatoms. The molecule has 1 N–H and O–H groups in total. The fourth-order valence-corrected chi connectivity index (χ4v) is 2.06. The number of likely N-dealkylation sites (N-methyl/N-ethyl adjacent to an activating group) is 1. The molecule has 98 valence electrons. The van der Waals surface area contributed by atoms with Crippen molar-refractivity contribution < 1.29 is 9.53 Å². The predicted octanol–water partition coefficient (Wildman–Crippen LogP) is 0.418. The summed E-state index contributed by atoms with van der Waals surface area (Å²) in [6, 6.07) is 5.64. The molecule has 0 aromatic carbocycles. The Balaban J connectivity index is 1.91. The second kappa shape index (κ2) is 5.46. The topological polar surface area (TPSA) is 54.5 Å². The highest BCUT2D eigenvalue weighted by Gasteiger charge is 2.37. The summed E-state index contributed by atoms with van der Waals surface area (Å²) < 4.78 is 5.61. The van der Waals surface area contributed by atoms with Crippen LogP contribution >= 0.6 is 0 Å². The van der Waals surface area contributed by atoms with Gasteiger partial charge < -0.3 is 15.0 Å². The lowest BCUT2D eigenvalue weighted by Gasteiger charge is -2.37. The minimum absolute atomic E-state index is 0.0836. The molecule has 2 heterocycles. The van der Waals surface area contributed by atoms with E-state index in [-0.39, 0.29) is 5.91 Å². The molecule has 1 aromatic heterocycles. The highest BCUT2D eigenvalue weighted by atomic mass is 16.5. The molecule has 18 heavy (non-hydrogen) atoms. The third kappa shape index (κ3) is 3.05. The van der Waals surface area contributed by atoms with Gasteiger partial charge in [-0.1, -0.05) is 6.07 Å². The van der Waals surface area contributed by atoms with E-state index in [1.807, 2.05) is 32.2 Å². The van der Waals surface area contributed by atoms with Crippen LogP contribution in [0.25, 0.3) is 0 Å². The number of rotatable bonds is 3. The van der Waals surface area contributed by atoms with Crippen molar-refractivity contribution in [1.29, 1.82) is 0 Å². The summed E-state index contributed by atoms with van der Waals surface area (Å²) in [6.07, 6.45) is 1.72. The third-order valence-electron chi connectivity index (χ3n) is 3.10. The van der Waals surface area contributed by atoms with Gasteiger partial charge in [0.25, 0.3) is 5.91 Å². The Bertz CT molecular complexity index is 410. The fraction of sp³-hybridized carbons (Fsp3) is 0.538. The zero-order valence-electron chi connectivity index (χ0n) is 10.8. The number of morpholine rings is 1. The van der Waals surface area contributed by atoms with Gasteiger partial charge in [-0.3, -0.25) is 9.78 Å². The van der Waals surface area contributed by atoms with Crippen molar-refractivity contribution in [3.8, 4) is 0 Å². The molecule has 0 unspecified atom stereocenters. The molecule has 0 aliphatic carbocycles. The highest BCUT2D eigenvalue weighted by Crippen LogP contribution is 2.16. The minimum Gasteiger partial charge on any atom is -0.363 e. The van der Waals surface area contributed by atoms with E-state index in [9.17, 15) is 4.79 Å². The number of amides is 1.